The number of carbonyl (C=O) groups is 6. The van der Waals surface area contributed by atoms with Crippen molar-refractivity contribution in [3.8, 4) is 0 Å². The summed E-state index contributed by atoms with van der Waals surface area (Å²) >= 11 is 0. The molecule has 0 aromatic carbocycles. The van der Waals surface area contributed by atoms with Crippen LogP contribution in [-0.2, 0) is 61.9 Å². The number of aliphatic hydroxyl groups is 1. The van der Waals surface area contributed by atoms with Crippen molar-refractivity contribution in [3.63, 3.8) is 0 Å². The summed E-state index contributed by atoms with van der Waals surface area (Å²) in [5.41, 5.74) is -6.96. The van der Waals surface area contributed by atoms with E-state index in [1.165, 1.54) is 39.0 Å². The maximum atomic E-state index is 13.2. The second-order valence-corrected chi connectivity index (χ2v) is 12.3. The van der Waals surface area contributed by atoms with Crippen LogP contribution in [-0.4, -0.2) is 94.3 Å². The maximum Gasteiger partial charge on any atom is 0.342 e. The van der Waals surface area contributed by atoms with Crippen LogP contribution in [0, 0.1) is 11.3 Å². The highest BCUT2D eigenvalue weighted by molar-refractivity contribution is 5.89. The van der Waals surface area contributed by atoms with E-state index in [1.807, 2.05) is 0 Å². The van der Waals surface area contributed by atoms with Gasteiger partial charge in [-0.05, 0) is 38.5 Å². The predicted molar refractivity (Wildman–Crippen MR) is 145 cm³/mol. The number of esters is 6. The molecule has 4 aliphatic rings. The molecule has 0 aromatic heterocycles. The molecule has 14 nitrogen and oxygen atoms in total. The summed E-state index contributed by atoms with van der Waals surface area (Å²) in [6.07, 6.45) is -4.30. The second kappa shape index (κ2) is 11.0. The van der Waals surface area contributed by atoms with Crippen molar-refractivity contribution in [1.82, 2.24) is 0 Å². The fourth-order valence-electron chi connectivity index (χ4n) is 7.16. The fourth-order valence-corrected chi connectivity index (χ4v) is 7.16. The van der Waals surface area contributed by atoms with Gasteiger partial charge in [-0.1, -0.05) is 13.0 Å². The van der Waals surface area contributed by atoms with E-state index in [-0.39, 0.29) is 5.57 Å². The summed E-state index contributed by atoms with van der Waals surface area (Å²) in [4.78, 5) is 75.7. The molecule has 2 saturated heterocycles. The third kappa shape index (κ3) is 5.17. The minimum atomic E-state index is -2.12. The standard InChI is InChI=1S/C30H38O14/c1-13-12-20-30(29(9,44-30)26(36)43-20)25(42-18(6)35)23-27(7,11-10-19(28(23,8)37)38-14(2)31)24(41-17(5)34)22(40-16(4)33)21(13)39-15(3)32/h10-12,19-25,37H,1-9H3/b13-12-/t19-,20+,21+,22+,23-,24+,25+,27+,28-,29+,30+/m1/s1. The lowest BCUT2D eigenvalue weighted by Crippen LogP contribution is -2.69. The van der Waals surface area contributed by atoms with E-state index in [2.05, 4.69) is 0 Å². The normalized spacial score (nSPS) is 43.4. The number of ether oxygens (including phenoxy) is 7. The van der Waals surface area contributed by atoms with Crippen LogP contribution in [0.4, 0.5) is 0 Å². The zero-order chi connectivity index (χ0) is 33.2. The molecule has 2 heterocycles. The van der Waals surface area contributed by atoms with Crippen LogP contribution >= 0.6 is 0 Å². The Morgan fingerprint density at radius 2 is 1.32 bits per heavy atom. The molecule has 1 N–H and O–H groups in total. The van der Waals surface area contributed by atoms with Crippen molar-refractivity contribution in [2.75, 3.05) is 0 Å². The highest BCUT2D eigenvalue weighted by Crippen LogP contribution is 2.65. The van der Waals surface area contributed by atoms with Gasteiger partial charge in [-0.3, -0.25) is 24.0 Å². The van der Waals surface area contributed by atoms with Crippen LogP contribution in [0.5, 0.6) is 0 Å². The Morgan fingerprint density at radius 1 is 0.795 bits per heavy atom. The first-order chi connectivity index (χ1) is 20.2. The minimum absolute atomic E-state index is 0.230. The lowest BCUT2D eigenvalue weighted by molar-refractivity contribution is -0.233. The molecule has 2 fully saturated rings. The van der Waals surface area contributed by atoms with E-state index in [0.29, 0.717) is 0 Å². The third-order valence-corrected chi connectivity index (χ3v) is 8.90. The first kappa shape index (κ1) is 33.1. The summed E-state index contributed by atoms with van der Waals surface area (Å²) in [7, 11) is 0. The molecule has 14 heteroatoms. The van der Waals surface area contributed by atoms with Crippen molar-refractivity contribution >= 4 is 35.8 Å². The van der Waals surface area contributed by atoms with Gasteiger partial charge in [0.15, 0.2) is 35.6 Å². The lowest BCUT2D eigenvalue weighted by Gasteiger charge is -2.56. The Kier molecular flexibility index (Phi) is 8.27. The van der Waals surface area contributed by atoms with E-state index in [9.17, 15) is 33.9 Å². The smallest absolute Gasteiger partial charge is 0.342 e. The molecular weight excluding hydrogens is 584 g/mol. The van der Waals surface area contributed by atoms with E-state index in [4.69, 9.17) is 33.2 Å². The molecule has 242 valence electrons. The summed E-state index contributed by atoms with van der Waals surface area (Å²) in [5.74, 6) is -6.17. The lowest BCUT2D eigenvalue weighted by atomic mass is 9.55. The zero-order valence-corrected chi connectivity index (χ0v) is 26.0. The number of epoxide rings is 1. The zero-order valence-electron chi connectivity index (χ0n) is 26.0. The summed E-state index contributed by atoms with van der Waals surface area (Å²) in [6, 6.07) is 0. The molecular formula is C30H38O14. The summed E-state index contributed by atoms with van der Waals surface area (Å²) < 4.78 is 40.4. The van der Waals surface area contributed by atoms with Crippen LogP contribution in [0.3, 0.4) is 0 Å². The number of hydrogen-bond acceptors (Lipinski definition) is 14. The molecule has 0 aromatic rings. The summed E-state index contributed by atoms with van der Waals surface area (Å²) in [5, 5.41) is 12.3. The average molecular weight is 623 g/mol. The van der Waals surface area contributed by atoms with E-state index in [0.717, 1.165) is 34.6 Å². The van der Waals surface area contributed by atoms with Crippen molar-refractivity contribution < 1.29 is 67.0 Å². The largest absolute Gasteiger partial charge is 0.459 e. The highest BCUT2D eigenvalue weighted by atomic mass is 16.7. The van der Waals surface area contributed by atoms with Crippen molar-refractivity contribution in [2.45, 2.75) is 116 Å². The molecule has 0 bridgehead atoms. The Morgan fingerprint density at radius 3 is 1.82 bits per heavy atom. The predicted octanol–water partition coefficient (Wildman–Crippen LogP) is 1.00. The first-order valence-electron chi connectivity index (χ1n) is 14.1. The van der Waals surface area contributed by atoms with Crippen LogP contribution in [0.15, 0.2) is 23.8 Å². The monoisotopic (exact) mass is 622 g/mol. The van der Waals surface area contributed by atoms with Crippen LogP contribution in [0.25, 0.3) is 0 Å². The maximum absolute atomic E-state index is 13.2. The fraction of sp³-hybridized carbons (Fsp3) is 0.667. The minimum Gasteiger partial charge on any atom is -0.459 e. The van der Waals surface area contributed by atoms with E-state index in [1.54, 1.807) is 6.92 Å². The Hall–Kier alpha value is -3.78. The van der Waals surface area contributed by atoms with Gasteiger partial charge in [0.25, 0.3) is 0 Å². The van der Waals surface area contributed by atoms with Gasteiger partial charge in [-0.15, -0.1) is 0 Å². The van der Waals surface area contributed by atoms with Crippen LogP contribution < -0.4 is 0 Å². The molecule has 0 amide bonds. The number of fused-ring (bicyclic) bond motifs is 1. The van der Waals surface area contributed by atoms with E-state index < -0.39 is 101 Å². The molecule has 4 rings (SSSR count). The third-order valence-electron chi connectivity index (χ3n) is 8.90. The topological polar surface area (TPSA) is 191 Å². The first-order valence-corrected chi connectivity index (χ1v) is 14.1. The van der Waals surface area contributed by atoms with Gasteiger partial charge in [0.1, 0.15) is 17.8 Å². The quantitative estimate of drug-likeness (QED) is 0.198. The van der Waals surface area contributed by atoms with Crippen molar-refractivity contribution in [1.29, 1.82) is 0 Å². The molecule has 1 spiro atoms. The Bertz CT molecular complexity index is 1350. The molecule has 2 aliphatic carbocycles. The molecule has 0 unspecified atom stereocenters. The summed E-state index contributed by atoms with van der Waals surface area (Å²) in [6.45, 7) is 11.5. The molecule has 0 radical (unpaired) electrons. The van der Waals surface area contributed by atoms with Gasteiger partial charge in [-0.2, -0.15) is 0 Å². The van der Waals surface area contributed by atoms with Crippen molar-refractivity contribution in [3.05, 3.63) is 23.8 Å². The van der Waals surface area contributed by atoms with Gasteiger partial charge in [0, 0.05) is 46.0 Å². The molecule has 44 heavy (non-hydrogen) atoms. The van der Waals surface area contributed by atoms with Crippen LogP contribution in [0.2, 0.25) is 0 Å². The van der Waals surface area contributed by atoms with Gasteiger partial charge < -0.3 is 38.3 Å². The number of rotatable bonds is 5. The Balaban J connectivity index is 2.14. The average Bonchev–Trinajstić information content (AvgIpc) is 3.46. The highest BCUT2D eigenvalue weighted by Gasteiger charge is 2.88. The van der Waals surface area contributed by atoms with E-state index >= 15 is 0 Å². The number of carbonyl (C=O) groups excluding carboxylic acids is 6. The van der Waals surface area contributed by atoms with Crippen molar-refractivity contribution in [2.24, 2.45) is 11.3 Å². The Labute approximate surface area is 253 Å². The van der Waals surface area contributed by atoms with Gasteiger partial charge in [-0.25, -0.2) is 4.79 Å². The molecule has 11 atom stereocenters. The van der Waals surface area contributed by atoms with Gasteiger partial charge >= 0.3 is 35.8 Å². The van der Waals surface area contributed by atoms with Crippen LogP contribution in [0.1, 0.15) is 62.3 Å². The van der Waals surface area contributed by atoms with Gasteiger partial charge in [0.2, 0.25) is 0 Å². The SMILES string of the molecule is CC(=O)O[C@H]1[C@@H](OC(C)=O)/C(C)=C\[C@@H]2OC(=O)[C@]3(C)O[C@]23[C@@H](OC(C)=O)[C@H]2[C@](C)(O)[C@H](OC(C)=O)C=C[C@]2(C)[C@H]1OC(C)=O. The number of hydrogen-bond donors (Lipinski definition) is 1. The second-order valence-electron chi connectivity index (χ2n) is 12.3. The van der Waals surface area contributed by atoms with Gasteiger partial charge in [0.05, 0.1) is 0 Å². The molecule has 2 aliphatic heterocycles. The molecule has 0 saturated carbocycles.